The summed E-state index contributed by atoms with van der Waals surface area (Å²) in [5, 5.41) is 5.59. The lowest BCUT2D eigenvalue weighted by molar-refractivity contribution is 0.417. The van der Waals surface area contributed by atoms with Crippen molar-refractivity contribution in [1.29, 1.82) is 0 Å². The number of benzene rings is 3. The van der Waals surface area contributed by atoms with E-state index in [2.05, 4.69) is 48.4 Å². The zero-order valence-corrected chi connectivity index (χ0v) is 21.5. The highest BCUT2D eigenvalue weighted by Gasteiger charge is 2.71. The van der Waals surface area contributed by atoms with Gasteiger partial charge in [0.25, 0.3) is 0 Å². The zero-order chi connectivity index (χ0) is 25.2. The lowest BCUT2D eigenvalue weighted by Crippen LogP contribution is -2.37. The summed E-state index contributed by atoms with van der Waals surface area (Å²) in [4.78, 5) is 0. The van der Waals surface area contributed by atoms with Crippen LogP contribution in [0, 0.1) is 24.6 Å². The van der Waals surface area contributed by atoms with Gasteiger partial charge in [0, 0.05) is 29.8 Å². The summed E-state index contributed by atoms with van der Waals surface area (Å²) in [6.45, 7) is 7.07. The Kier molecular flexibility index (Phi) is 5.36. The van der Waals surface area contributed by atoms with Crippen LogP contribution in [0.15, 0.2) is 72.9 Å². The molecule has 0 N–H and O–H groups in total. The van der Waals surface area contributed by atoms with Crippen molar-refractivity contribution in [2.45, 2.75) is 32.1 Å². The van der Waals surface area contributed by atoms with Gasteiger partial charge in [-0.05, 0) is 71.8 Å². The molecule has 0 bridgehead atoms. The molecule has 0 unspecified atom stereocenters. The van der Waals surface area contributed by atoms with Crippen molar-refractivity contribution in [2.24, 2.45) is 11.8 Å². The summed E-state index contributed by atoms with van der Waals surface area (Å²) >= 11 is 0. The molecule has 3 aromatic carbocycles. The molecule has 1 saturated carbocycles. The van der Waals surface area contributed by atoms with E-state index in [9.17, 15) is 12.8 Å². The van der Waals surface area contributed by atoms with E-state index in [0.717, 1.165) is 22.2 Å². The molecule has 2 fully saturated rings. The van der Waals surface area contributed by atoms with E-state index in [4.69, 9.17) is 0 Å². The quantitative estimate of drug-likeness (QED) is 0.353. The first-order valence-corrected chi connectivity index (χ1v) is 14.1. The molecule has 0 amide bonds. The Morgan fingerprint density at radius 1 is 1.08 bits per heavy atom. The van der Waals surface area contributed by atoms with E-state index in [0.29, 0.717) is 13.1 Å². The number of piperidine rings is 1. The number of aryl methyl sites for hydroxylation is 1. The lowest BCUT2D eigenvalue weighted by atomic mass is 9.87. The van der Waals surface area contributed by atoms with Gasteiger partial charge >= 0.3 is 0 Å². The molecule has 5 nitrogen and oxygen atoms in total. The van der Waals surface area contributed by atoms with Crippen LogP contribution in [0.2, 0.25) is 0 Å². The number of halogens is 1. The summed E-state index contributed by atoms with van der Waals surface area (Å²) in [5.41, 5.74) is 5.10. The standard InChI is InChI=1S/C29H30FN3O2S/c1-19(2)17-36(34,35)32-16-26-28(21-7-5-4-6-8-21)29(26,18-32)25-14-22-15-31-33(27(22)13-20(25)3)24-11-9-23(30)10-12-24/h4-15,19,26,28H,16-18H2,1-3H3/t26-,28-,29+/m1/s1. The minimum Gasteiger partial charge on any atom is -0.233 e. The van der Waals surface area contributed by atoms with Crippen LogP contribution in [0.4, 0.5) is 4.39 Å². The smallest absolute Gasteiger partial charge is 0.214 e. The molecule has 186 valence electrons. The van der Waals surface area contributed by atoms with Gasteiger partial charge in [0.05, 0.1) is 23.2 Å². The minimum atomic E-state index is -3.32. The predicted octanol–water partition coefficient (Wildman–Crippen LogP) is 5.43. The van der Waals surface area contributed by atoms with Crippen LogP contribution >= 0.6 is 0 Å². The van der Waals surface area contributed by atoms with E-state index >= 15 is 0 Å². The predicted molar refractivity (Wildman–Crippen MR) is 140 cm³/mol. The fourth-order valence-corrected chi connectivity index (χ4v) is 8.28. The molecule has 1 aliphatic heterocycles. The van der Waals surface area contributed by atoms with Crippen LogP contribution in [0.3, 0.4) is 0 Å². The normalized spacial score (nSPS) is 23.9. The first-order valence-electron chi connectivity index (χ1n) is 12.5. The van der Waals surface area contributed by atoms with Crippen molar-refractivity contribution in [1.82, 2.24) is 14.1 Å². The molecule has 0 spiro atoms. The molecule has 1 aliphatic carbocycles. The summed E-state index contributed by atoms with van der Waals surface area (Å²) < 4.78 is 43.4. The van der Waals surface area contributed by atoms with Crippen LogP contribution in [-0.4, -0.2) is 41.3 Å². The molecule has 7 heteroatoms. The summed E-state index contributed by atoms with van der Waals surface area (Å²) in [6, 6.07) is 21.1. The zero-order valence-electron chi connectivity index (χ0n) is 20.7. The van der Waals surface area contributed by atoms with Crippen molar-refractivity contribution in [3.05, 3.63) is 95.4 Å². The third kappa shape index (κ3) is 3.59. The van der Waals surface area contributed by atoms with Crippen molar-refractivity contribution in [3.63, 3.8) is 0 Å². The Morgan fingerprint density at radius 2 is 1.81 bits per heavy atom. The first-order chi connectivity index (χ1) is 17.2. The molecule has 6 rings (SSSR count). The van der Waals surface area contributed by atoms with Crippen molar-refractivity contribution < 1.29 is 12.8 Å². The summed E-state index contributed by atoms with van der Waals surface area (Å²) in [5.74, 6) is 0.507. The molecular formula is C29H30FN3O2S. The number of hydrogen-bond acceptors (Lipinski definition) is 3. The van der Waals surface area contributed by atoms with Crippen molar-refractivity contribution in [3.8, 4) is 5.69 Å². The molecule has 3 atom stereocenters. The number of fused-ring (bicyclic) bond motifs is 2. The Hall–Kier alpha value is -3.03. The molecular weight excluding hydrogens is 473 g/mol. The van der Waals surface area contributed by atoms with E-state index in [1.54, 1.807) is 16.4 Å². The van der Waals surface area contributed by atoms with Gasteiger partial charge in [-0.1, -0.05) is 44.2 Å². The van der Waals surface area contributed by atoms with Gasteiger partial charge in [0.15, 0.2) is 0 Å². The molecule has 2 heterocycles. The fourth-order valence-electron chi connectivity index (χ4n) is 6.43. The van der Waals surface area contributed by atoms with Crippen LogP contribution in [0.25, 0.3) is 16.6 Å². The Labute approximate surface area is 211 Å². The molecule has 1 saturated heterocycles. The second-order valence-electron chi connectivity index (χ2n) is 10.8. The summed E-state index contributed by atoms with van der Waals surface area (Å²) in [7, 11) is -3.32. The number of nitrogens with zero attached hydrogens (tertiary/aromatic N) is 3. The highest BCUT2D eigenvalue weighted by atomic mass is 32.2. The van der Waals surface area contributed by atoms with Gasteiger partial charge in [-0.25, -0.2) is 21.8 Å². The lowest BCUT2D eigenvalue weighted by Gasteiger charge is -2.26. The highest BCUT2D eigenvalue weighted by Crippen LogP contribution is 2.70. The third-order valence-electron chi connectivity index (χ3n) is 7.93. The van der Waals surface area contributed by atoms with E-state index in [-0.39, 0.29) is 34.7 Å². The maximum atomic E-state index is 13.5. The van der Waals surface area contributed by atoms with Gasteiger partial charge in [-0.15, -0.1) is 0 Å². The molecule has 0 radical (unpaired) electrons. The number of hydrogen-bond donors (Lipinski definition) is 0. The average molecular weight is 504 g/mol. The van der Waals surface area contributed by atoms with Crippen molar-refractivity contribution in [2.75, 3.05) is 18.8 Å². The minimum absolute atomic E-state index is 0.0863. The molecule has 1 aromatic heterocycles. The van der Waals surface area contributed by atoms with Crippen LogP contribution in [0.1, 0.15) is 36.5 Å². The third-order valence-corrected chi connectivity index (χ3v) is 10.1. The Morgan fingerprint density at radius 3 is 2.50 bits per heavy atom. The number of sulfonamides is 1. The topological polar surface area (TPSA) is 55.2 Å². The van der Waals surface area contributed by atoms with E-state index in [1.807, 2.05) is 30.8 Å². The SMILES string of the molecule is Cc1cc2c(cnn2-c2ccc(F)cc2)cc1[C@@]12CN(S(=O)(=O)CC(C)C)C[C@@H]1[C@H]2c1ccccc1. The maximum Gasteiger partial charge on any atom is 0.214 e. The van der Waals surface area contributed by atoms with Gasteiger partial charge in [0.1, 0.15) is 5.82 Å². The van der Waals surface area contributed by atoms with Gasteiger partial charge in [-0.3, -0.25) is 0 Å². The average Bonchev–Trinajstić information content (AvgIpc) is 3.11. The van der Waals surface area contributed by atoms with Gasteiger partial charge < -0.3 is 0 Å². The Balaban J connectivity index is 1.44. The van der Waals surface area contributed by atoms with Crippen LogP contribution in [-0.2, 0) is 15.4 Å². The Bertz CT molecular complexity index is 1550. The largest absolute Gasteiger partial charge is 0.233 e. The highest BCUT2D eigenvalue weighted by molar-refractivity contribution is 7.89. The number of aromatic nitrogens is 2. The second-order valence-corrected chi connectivity index (χ2v) is 12.8. The van der Waals surface area contributed by atoms with Gasteiger partial charge in [-0.2, -0.15) is 5.10 Å². The van der Waals surface area contributed by atoms with E-state index in [1.165, 1.54) is 23.3 Å². The van der Waals surface area contributed by atoms with E-state index < -0.39 is 10.0 Å². The van der Waals surface area contributed by atoms with Gasteiger partial charge in [0.2, 0.25) is 10.0 Å². The number of rotatable bonds is 6. The molecule has 36 heavy (non-hydrogen) atoms. The monoisotopic (exact) mass is 503 g/mol. The van der Waals surface area contributed by atoms with Crippen LogP contribution < -0.4 is 0 Å². The molecule has 4 aromatic rings. The molecule has 2 aliphatic rings. The summed E-state index contributed by atoms with van der Waals surface area (Å²) in [6.07, 6.45) is 1.84. The first kappa shape index (κ1) is 23.4. The fraction of sp³-hybridized carbons (Fsp3) is 0.345. The second kappa shape index (κ2) is 8.25. The maximum absolute atomic E-state index is 13.5. The van der Waals surface area contributed by atoms with Crippen LogP contribution in [0.5, 0.6) is 0 Å². The van der Waals surface area contributed by atoms with Crippen molar-refractivity contribution >= 4 is 20.9 Å².